The van der Waals surface area contributed by atoms with Gasteiger partial charge in [0.25, 0.3) is 0 Å². The Bertz CT molecular complexity index is 526. The maximum absolute atomic E-state index is 6.19. The molecule has 2 rings (SSSR count). The molecule has 96 valence electrons. The Morgan fingerprint density at radius 3 is 2.28 bits per heavy atom. The number of rotatable bonds is 2. The van der Waals surface area contributed by atoms with Crippen molar-refractivity contribution in [3.63, 3.8) is 0 Å². The van der Waals surface area contributed by atoms with Gasteiger partial charge in [-0.15, -0.1) is 10.2 Å². The fourth-order valence-corrected chi connectivity index (χ4v) is 2.27. The lowest BCUT2D eigenvalue weighted by Crippen LogP contribution is -2.21. The highest BCUT2D eigenvalue weighted by Crippen LogP contribution is 2.29. The summed E-state index contributed by atoms with van der Waals surface area (Å²) in [6.45, 7) is 8.45. The van der Waals surface area contributed by atoms with Crippen LogP contribution in [0.5, 0.6) is 0 Å². The zero-order chi connectivity index (χ0) is 13.3. The molecule has 0 aliphatic rings. The fourth-order valence-electron chi connectivity index (χ4n) is 2.01. The summed E-state index contributed by atoms with van der Waals surface area (Å²) in [5.41, 5.74) is 1.12. The van der Waals surface area contributed by atoms with Gasteiger partial charge in [0.1, 0.15) is 5.82 Å². The summed E-state index contributed by atoms with van der Waals surface area (Å²) in [6.07, 6.45) is 0. The topological polar surface area (TPSA) is 30.7 Å². The minimum absolute atomic E-state index is 0.0802. The van der Waals surface area contributed by atoms with E-state index in [9.17, 15) is 0 Å². The zero-order valence-electron chi connectivity index (χ0n) is 11.2. The third kappa shape index (κ3) is 2.41. The van der Waals surface area contributed by atoms with Crippen LogP contribution in [-0.2, 0) is 5.41 Å². The summed E-state index contributed by atoms with van der Waals surface area (Å²) in [5.74, 6) is 0.906. The van der Waals surface area contributed by atoms with Crippen LogP contribution in [0.25, 0.3) is 0 Å². The van der Waals surface area contributed by atoms with Gasteiger partial charge in [-0.3, -0.25) is 4.57 Å². The Balaban J connectivity index is 2.48. The molecule has 0 amide bonds. The number of aromatic nitrogens is 3. The molecule has 4 heteroatoms. The van der Waals surface area contributed by atoms with E-state index in [1.54, 1.807) is 0 Å². The second-order valence-corrected chi connectivity index (χ2v) is 5.84. The van der Waals surface area contributed by atoms with Crippen molar-refractivity contribution in [1.29, 1.82) is 0 Å². The monoisotopic (exact) mass is 263 g/mol. The summed E-state index contributed by atoms with van der Waals surface area (Å²) in [4.78, 5) is 0. The van der Waals surface area contributed by atoms with Crippen LogP contribution >= 0.6 is 11.6 Å². The number of halogens is 1. The molecule has 0 aliphatic heterocycles. The summed E-state index contributed by atoms with van der Waals surface area (Å²) >= 11 is 6.19. The molecule has 1 heterocycles. The first kappa shape index (κ1) is 13.1. The smallest absolute Gasteiger partial charge is 0.225 e. The Morgan fingerprint density at radius 2 is 1.72 bits per heavy atom. The van der Waals surface area contributed by atoms with Gasteiger partial charge in [0.2, 0.25) is 5.28 Å². The van der Waals surface area contributed by atoms with Gasteiger partial charge in [0, 0.05) is 5.41 Å². The molecule has 1 aromatic heterocycles. The van der Waals surface area contributed by atoms with Gasteiger partial charge in [-0.1, -0.05) is 51.1 Å². The largest absolute Gasteiger partial charge is 0.294 e. The van der Waals surface area contributed by atoms with E-state index in [1.165, 1.54) is 5.56 Å². The first-order chi connectivity index (χ1) is 8.41. The van der Waals surface area contributed by atoms with E-state index in [0.29, 0.717) is 5.28 Å². The van der Waals surface area contributed by atoms with Gasteiger partial charge in [0.05, 0.1) is 6.04 Å². The van der Waals surface area contributed by atoms with Crippen LogP contribution in [0.3, 0.4) is 0 Å². The molecule has 2 aromatic rings. The number of nitrogens with zero attached hydrogens (tertiary/aromatic N) is 3. The molecule has 1 unspecified atom stereocenters. The predicted octanol–water partition coefficient (Wildman–Crippen LogP) is 3.84. The van der Waals surface area contributed by atoms with Crippen molar-refractivity contribution in [3.05, 3.63) is 47.0 Å². The summed E-state index contributed by atoms with van der Waals surface area (Å²) < 4.78 is 2.00. The van der Waals surface area contributed by atoms with Crippen LogP contribution in [0.4, 0.5) is 0 Å². The third-order valence-corrected chi connectivity index (χ3v) is 3.25. The minimum atomic E-state index is -0.0802. The van der Waals surface area contributed by atoms with Gasteiger partial charge in [-0.2, -0.15) is 0 Å². The molecule has 18 heavy (non-hydrogen) atoms. The molecule has 0 spiro atoms. The minimum Gasteiger partial charge on any atom is -0.294 e. The van der Waals surface area contributed by atoms with Crippen molar-refractivity contribution in [2.24, 2.45) is 0 Å². The molecule has 0 saturated carbocycles. The van der Waals surface area contributed by atoms with Gasteiger partial charge >= 0.3 is 0 Å². The predicted molar refractivity (Wildman–Crippen MR) is 74.0 cm³/mol. The van der Waals surface area contributed by atoms with E-state index in [1.807, 2.05) is 22.8 Å². The average molecular weight is 264 g/mol. The molecule has 3 nitrogen and oxygen atoms in total. The molecule has 0 fully saturated rings. The molecular weight excluding hydrogens is 246 g/mol. The molecule has 1 aromatic carbocycles. The van der Waals surface area contributed by atoms with Crippen molar-refractivity contribution in [2.45, 2.75) is 39.2 Å². The van der Waals surface area contributed by atoms with Crippen molar-refractivity contribution >= 4 is 11.6 Å². The van der Waals surface area contributed by atoms with E-state index in [2.05, 4.69) is 50.0 Å². The van der Waals surface area contributed by atoms with Crippen LogP contribution in [0.1, 0.15) is 45.1 Å². The molecule has 0 aliphatic carbocycles. The quantitative estimate of drug-likeness (QED) is 0.824. The van der Waals surface area contributed by atoms with Crippen molar-refractivity contribution in [1.82, 2.24) is 14.8 Å². The third-order valence-electron chi connectivity index (χ3n) is 2.99. The standard InChI is InChI=1S/C14H18ClN3/c1-10(11-8-6-5-7-9-11)18-12(14(2,3)4)16-17-13(18)15/h5-10H,1-4H3. The maximum atomic E-state index is 6.19. The van der Waals surface area contributed by atoms with Crippen LogP contribution in [-0.4, -0.2) is 14.8 Å². The number of benzene rings is 1. The summed E-state index contributed by atoms with van der Waals surface area (Å²) in [7, 11) is 0. The Hall–Kier alpha value is -1.35. The molecular formula is C14H18ClN3. The van der Waals surface area contributed by atoms with Crippen molar-refractivity contribution in [3.8, 4) is 0 Å². The van der Waals surface area contributed by atoms with Gasteiger partial charge in [0.15, 0.2) is 0 Å². The van der Waals surface area contributed by atoms with Crippen molar-refractivity contribution < 1.29 is 0 Å². The highest BCUT2D eigenvalue weighted by molar-refractivity contribution is 6.28. The van der Waals surface area contributed by atoms with Crippen LogP contribution in [0, 0.1) is 0 Å². The Labute approximate surface area is 113 Å². The summed E-state index contributed by atoms with van der Waals surface area (Å²) in [5, 5.41) is 8.66. The van der Waals surface area contributed by atoms with Crippen LogP contribution in [0.2, 0.25) is 5.28 Å². The van der Waals surface area contributed by atoms with E-state index < -0.39 is 0 Å². The molecule has 0 N–H and O–H groups in total. The SMILES string of the molecule is CC(c1ccccc1)n1c(Cl)nnc1C(C)(C)C. The van der Waals surface area contributed by atoms with Gasteiger partial charge < -0.3 is 0 Å². The number of hydrogen-bond donors (Lipinski definition) is 0. The molecule has 1 atom stereocenters. The second-order valence-electron chi connectivity index (χ2n) is 5.50. The van der Waals surface area contributed by atoms with Crippen molar-refractivity contribution in [2.75, 3.05) is 0 Å². The Morgan fingerprint density at radius 1 is 1.11 bits per heavy atom. The zero-order valence-corrected chi connectivity index (χ0v) is 11.9. The normalized spacial score (nSPS) is 13.6. The average Bonchev–Trinajstić information content (AvgIpc) is 2.71. The Kier molecular flexibility index (Phi) is 3.44. The number of hydrogen-bond acceptors (Lipinski definition) is 2. The van der Waals surface area contributed by atoms with E-state index in [4.69, 9.17) is 11.6 Å². The highest BCUT2D eigenvalue weighted by Gasteiger charge is 2.26. The second kappa shape index (κ2) is 4.73. The van der Waals surface area contributed by atoms with E-state index in [-0.39, 0.29) is 11.5 Å². The lowest BCUT2D eigenvalue weighted by atomic mass is 9.95. The summed E-state index contributed by atoms with van der Waals surface area (Å²) in [6, 6.07) is 10.4. The maximum Gasteiger partial charge on any atom is 0.225 e. The highest BCUT2D eigenvalue weighted by atomic mass is 35.5. The first-order valence-corrected chi connectivity index (χ1v) is 6.45. The fraction of sp³-hybridized carbons (Fsp3) is 0.429. The molecule has 0 saturated heterocycles. The van der Waals surface area contributed by atoms with E-state index in [0.717, 1.165) is 5.82 Å². The first-order valence-electron chi connectivity index (χ1n) is 6.07. The van der Waals surface area contributed by atoms with Gasteiger partial charge in [-0.05, 0) is 24.1 Å². The molecule has 0 bridgehead atoms. The van der Waals surface area contributed by atoms with Crippen LogP contribution in [0.15, 0.2) is 30.3 Å². The lowest BCUT2D eigenvalue weighted by Gasteiger charge is -2.23. The van der Waals surface area contributed by atoms with Gasteiger partial charge in [-0.25, -0.2) is 0 Å². The molecule has 0 radical (unpaired) electrons. The van der Waals surface area contributed by atoms with Crippen LogP contribution < -0.4 is 0 Å². The van der Waals surface area contributed by atoms with E-state index >= 15 is 0 Å². The lowest BCUT2D eigenvalue weighted by molar-refractivity contribution is 0.481.